The van der Waals surface area contributed by atoms with Gasteiger partial charge in [-0.05, 0) is 24.5 Å². The Kier molecular flexibility index (Phi) is 6.40. The van der Waals surface area contributed by atoms with Crippen molar-refractivity contribution in [1.29, 1.82) is 0 Å². The Balaban J connectivity index is 2.90. The lowest BCUT2D eigenvalue weighted by atomic mass is 10.1. The number of carbonyl (C=O) groups excluding carboxylic acids is 1. The molecule has 1 aromatic rings. The van der Waals surface area contributed by atoms with Crippen LogP contribution >= 0.6 is 11.8 Å². The lowest BCUT2D eigenvalue weighted by Gasteiger charge is -2.11. The van der Waals surface area contributed by atoms with Crippen molar-refractivity contribution in [2.24, 2.45) is 5.73 Å². The van der Waals surface area contributed by atoms with Crippen LogP contribution in [0, 0.1) is 17.7 Å². The molecule has 0 aliphatic rings. The molecular formula is C14H17FN2OS. The van der Waals surface area contributed by atoms with E-state index in [0.29, 0.717) is 17.4 Å². The van der Waals surface area contributed by atoms with Gasteiger partial charge in [-0.1, -0.05) is 18.8 Å². The van der Waals surface area contributed by atoms with Gasteiger partial charge in [0.2, 0.25) is 0 Å². The zero-order valence-electron chi connectivity index (χ0n) is 11.0. The van der Waals surface area contributed by atoms with Crippen molar-refractivity contribution in [3.63, 3.8) is 0 Å². The van der Waals surface area contributed by atoms with Crippen molar-refractivity contribution in [1.82, 2.24) is 5.32 Å². The summed E-state index contributed by atoms with van der Waals surface area (Å²) in [4.78, 5) is 12.0. The lowest BCUT2D eigenvalue weighted by molar-refractivity contribution is 0.0953. The molecule has 0 aliphatic carbocycles. The fourth-order valence-electron chi connectivity index (χ4n) is 1.37. The molecule has 0 heterocycles. The smallest absolute Gasteiger partial charge is 0.252 e. The number of carbonyl (C=O) groups is 1. The van der Waals surface area contributed by atoms with Crippen LogP contribution < -0.4 is 11.1 Å². The summed E-state index contributed by atoms with van der Waals surface area (Å²) < 4.78 is 13.2. The largest absolute Gasteiger partial charge is 0.351 e. The summed E-state index contributed by atoms with van der Waals surface area (Å²) in [7, 11) is 0. The van der Waals surface area contributed by atoms with Gasteiger partial charge in [-0.2, -0.15) is 11.8 Å². The molecule has 1 atom stereocenters. The van der Waals surface area contributed by atoms with Gasteiger partial charge < -0.3 is 11.1 Å². The van der Waals surface area contributed by atoms with E-state index in [1.165, 1.54) is 18.2 Å². The molecule has 1 unspecified atom stereocenters. The van der Waals surface area contributed by atoms with E-state index in [1.54, 1.807) is 11.8 Å². The first-order valence-electron chi connectivity index (χ1n) is 5.88. The van der Waals surface area contributed by atoms with E-state index in [2.05, 4.69) is 17.2 Å². The van der Waals surface area contributed by atoms with E-state index < -0.39 is 5.82 Å². The molecule has 0 fully saturated rings. The fraction of sp³-hybridized carbons (Fsp3) is 0.357. The van der Waals surface area contributed by atoms with E-state index in [-0.39, 0.29) is 18.0 Å². The number of nitrogens with one attached hydrogen (secondary N) is 1. The maximum atomic E-state index is 13.2. The van der Waals surface area contributed by atoms with Gasteiger partial charge in [-0.25, -0.2) is 4.39 Å². The quantitative estimate of drug-likeness (QED) is 0.824. The van der Waals surface area contributed by atoms with Crippen LogP contribution in [0.1, 0.15) is 22.8 Å². The third-order valence-electron chi connectivity index (χ3n) is 2.50. The van der Waals surface area contributed by atoms with Crippen LogP contribution in [0.25, 0.3) is 0 Å². The number of nitrogens with two attached hydrogens (primary N) is 1. The zero-order valence-corrected chi connectivity index (χ0v) is 11.8. The topological polar surface area (TPSA) is 55.1 Å². The first kappa shape index (κ1) is 15.5. The van der Waals surface area contributed by atoms with Crippen molar-refractivity contribution in [3.8, 4) is 11.8 Å². The van der Waals surface area contributed by atoms with Crippen LogP contribution in [0.4, 0.5) is 4.39 Å². The molecule has 0 saturated carbocycles. The summed E-state index contributed by atoms with van der Waals surface area (Å²) >= 11 is 1.65. The number of amides is 1. The molecule has 0 spiro atoms. The van der Waals surface area contributed by atoms with Gasteiger partial charge in [0, 0.05) is 17.4 Å². The van der Waals surface area contributed by atoms with Gasteiger partial charge in [-0.3, -0.25) is 4.79 Å². The summed E-state index contributed by atoms with van der Waals surface area (Å²) in [6.07, 6.45) is 1.97. The molecule has 1 rings (SSSR count). The van der Waals surface area contributed by atoms with E-state index in [1.807, 2.05) is 13.2 Å². The van der Waals surface area contributed by atoms with Crippen molar-refractivity contribution < 1.29 is 9.18 Å². The molecule has 5 heteroatoms. The van der Waals surface area contributed by atoms with Crippen LogP contribution in [0.5, 0.6) is 0 Å². The molecular weight excluding hydrogens is 263 g/mol. The number of hydrogen-bond donors (Lipinski definition) is 2. The minimum absolute atomic E-state index is 0.196. The highest BCUT2D eigenvalue weighted by molar-refractivity contribution is 7.99. The van der Waals surface area contributed by atoms with Gasteiger partial charge >= 0.3 is 0 Å². The monoisotopic (exact) mass is 280 g/mol. The Morgan fingerprint density at radius 1 is 1.58 bits per heavy atom. The third-order valence-corrected chi connectivity index (χ3v) is 3.48. The van der Waals surface area contributed by atoms with Gasteiger partial charge in [0.05, 0.1) is 12.1 Å². The Morgan fingerprint density at radius 2 is 2.32 bits per heavy atom. The Hall–Kier alpha value is -1.51. The maximum Gasteiger partial charge on any atom is 0.252 e. The van der Waals surface area contributed by atoms with E-state index in [4.69, 9.17) is 5.73 Å². The van der Waals surface area contributed by atoms with Crippen molar-refractivity contribution in [2.75, 3.05) is 19.3 Å². The van der Waals surface area contributed by atoms with E-state index >= 15 is 0 Å². The average molecular weight is 280 g/mol. The van der Waals surface area contributed by atoms with Gasteiger partial charge in [-0.15, -0.1) is 0 Å². The number of halogens is 1. The standard InChI is InChI=1S/C14H17FN2OS/c1-10(19-2)9-17-14(18)13-8-12(15)6-5-11(13)4-3-7-16/h5-6,8,10H,7,9,16H2,1-2H3,(H,17,18). The predicted molar refractivity (Wildman–Crippen MR) is 77.6 cm³/mol. The Morgan fingerprint density at radius 3 is 2.95 bits per heavy atom. The Bertz CT molecular complexity index is 508. The highest BCUT2D eigenvalue weighted by Crippen LogP contribution is 2.11. The minimum atomic E-state index is -0.457. The maximum absolute atomic E-state index is 13.2. The molecule has 0 radical (unpaired) electrons. The second-order valence-corrected chi connectivity index (χ2v) is 5.23. The molecule has 1 aromatic carbocycles. The van der Waals surface area contributed by atoms with Gasteiger partial charge in [0.15, 0.2) is 0 Å². The van der Waals surface area contributed by atoms with Crippen LogP contribution in [-0.4, -0.2) is 30.5 Å². The normalized spacial score (nSPS) is 11.4. The SMILES string of the molecule is CSC(C)CNC(=O)c1cc(F)ccc1C#CCN. The second-order valence-electron chi connectivity index (χ2n) is 3.95. The average Bonchev–Trinajstić information content (AvgIpc) is 2.42. The van der Waals surface area contributed by atoms with Crippen molar-refractivity contribution >= 4 is 17.7 Å². The second kappa shape index (κ2) is 7.82. The van der Waals surface area contributed by atoms with Crippen molar-refractivity contribution in [3.05, 3.63) is 35.1 Å². The zero-order chi connectivity index (χ0) is 14.3. The van der Waals surface area contributed by atoms with Gasteiger partial charge in [0.25, 0.3) is 5.91 Å². The lowest BCUT2D eigenvalue weighted by Crippen LogP contribution is -2.30. The van der Waals surface area contributed by atoms with E-state index in [0.717, 1.165) is 0 Å². The predicted octanol–water partition coefficient (Wildman–Crippen LogP) is 1.62. The molecule has 0 bridgehead atoms. The third kappa shape index (κ3) is 4.93. The van der Waals surface area contributed by atoms with Crippen LogP contribution in [-0.2, 0) is 0 Å². The summed E-state index contributed by atoms with van der Waals surface area (Å²) in [5.74, 6) is 4.67. The first-order valence-corrected chi connectivity index (χ1v) is 7.16. The molecule has 1 amide bonds. The number of benzene rings is 1. The number of rotatable bonds is 4. The minimum Gasteiger partial charge on any atom is -0.351 e. The Labute approximate surface area is 117 Å². The molecule has 0 aliphatic heterocycles. The highest BCUT2D eigenvalue weighted by Gasteiger charge is 2.12. The first-order chi connectivity index (χ1) is 9.08. The number of hydrogen-bond acceptors (Lipinski definition) is 3. The molecule has 0 saturated heterocycles. The summed E-state index contributed by atoms with van der Waals surface area (Å²) in [6, 6.07) is 3.96. The fourth-order valence-corrected chi connectivity index (χ4v) is 1.62. The highest BCUT2D eigenvalue weighted by atomic mass is 32.2. The van der Waals surface area contributed by atoms with Crippen molar-refractivity contribution in [2.45, 2.75) is 12.2 Å². The molecule has 102 valence electrons. The van der Waals surface area contributed by atoms with Crippen LogP contribution in [0.3, 0.4) is 0 Å². The van der Waals surface area contributed by atoms with E-state index in [9.17, 15) is 9.18 Å². The summed E-state index contributed by atoms with van der Waals surface area (Å²) in [6.45, 7) is 2.73. The number of thioether (sulfide) groups is 1. The van der Waals surface area contributed by atoms with Crippen LogP contribution in [0.15, 0.2) is 18.2 Å². The van der Waals surface area contributed by atoms with Gasteiger partial charge in [0.1, 0.15) is 5.82 Å². The summed E-state index contributed by atoms with van der Waals surface area (Å²) in [5, 5.41) is 3.07. The molecule has 0 aromatic heterocycles. The molecule has 3 N–H and O–H groups in total. The van der Waals surface area contributed by atoms with Crippen LogP contribution in [0.2, 0.25) is 0 Å². The molecule has 19 heavy (non-hydrogen) atoms. The summed E-state index contributed by atoms with van der Waals surface area (Å²) in [5.41, 5.74) is 6.03. The molecule has 3 nitrogen and oxygen atoms in total.